The molecule has 0 aliphatic heterocycles. The summed E-state index contributed by atoms with van der Waals surface area (Å²) in [5.74, 6) is 0.0614. The maximum Gasteiger partial charge on any atom is 0.313 e. The van der Waals surface area contributed by atoms with Crippen LogP contribution in [0.5, 0.6) is 0 Å². The minimum atomic E-state index is -0.362. The molecule has 15 heavy (non-hydrogen) atoms. The van der Waals surface area contributed by atoms with E-state index in [2.05, 4.69) is 14.8 Å². The number of carbonyl (C=O) groups excluding carboxylic acids is 1. The van der Waals surface area contributed by atoms with Gasteiger partial charge in [-0.15, -0.1) is 0 Å². The Morgan fingerprint density at radius 2 is 2.47 bits per heavy atom. The molecular formula is C9H10N4O2. The van der Waals surface area contributed by atoms with Gasteiger partial charge in [-0.3, -0.25) is 4.79 Å². The van der Waals surface area contributed by atoms with Gasteiger partial charge < -0.3 is 10.5 Å². The summed E-state index contributed by atoms with van der Waals surface area (Å²) >= 11 is 0. The van der Waals surface area contributed by atoms with Gasteiger partial charge in [-0.05, 0) is 6.07 Å². The van der Waals surface area contributed by atoms with Gasteiger partial charge in [0.15, 0.2) is 11.5 Å². The summed E-state index contributed by atoms with van der Waals surface area (Å²) in [6, 6.07) is 3.40. The van der Waals surface area contributed by atoms with Crippen molar-refractivity contribution in [2.45, 2.75) is 6.42 Å². The molecule has 0 fully saturated rings. The summed E-state index contributed by atoms with van der Waals surface area (Å²) in [7, 11) is 1.33. The van der Waals surface area contributed by atoms with Crippen molar-refractivity contribution in [3.05, 3.63) is 24.2 Å². The Morgan fingerprint density at radius 1 is 1.67 bits per heavy atom. The van der Waals surface area contributed by atoms with Crippen LogP contribution in [0.4, 0.5) is 5.69 Å². The number of rotatable bonds is 2. The number of nitrogens with zero attached hydrogens (tertiary/aromatic N) is 3. The minimum absolute atomic E-state index is 0.0675. The quantitative estimate of drug-likeness (QED) is 0.701. The fraction of sp³-hybridized carbons (Fsp3) is 0.222. The maximum atomic E-state index is 11.0. The molecule has 2 aromatic rings. The van der Waals surface area contributed by atoms with Crippen molar-refractivity contribution in [1.29, 1.82) is 0 Å². The summed E-state index contributed by atoms with van der Waals surface area (Å²) in [4.78, 5) is 15.1. The van der Waals surface area contributed by atoms with Crippen LogP contribution in [0, 0.1) is 0 Å². The Balaban J connectivity index is 2.34. The molecule has 0 unspecified atom stereocenters. The second kappa shape index (κ2) is 3.56. The van der Waals surface area contributed by atoms with Gasteiger partial charge in [-0.25, -0.2) is 9.50 Å². The van der Waals surface area contributed by atoms with E-state index in [4.69, 9.17) is 5.73 Å². The van der Waals surface area contributed by atoms with Gasteiger partial charge in [-0.2, -0.15) is 5.10 Å². The molecule has 2 rings (SSSR count). The maximum absolute atomic E-state index is 11.0. The van der Waals surface area contributed by atoms with E-state index in [0.717, 1.165) is 0 Å². The minimum Gasteiger partial charge on any atom is -0.469 e. The predicted octanol–water partition coefficient (Wildman–Crippen LogP) is 0.0270. The van der Waals surface area contributed by atoms with Crippen LogP contribution in [0.2, 0.25) is 0 Å². The summed E-state index contributed by atoms with van der Waals surface area (Å²) < 4.78 is 6.09. The number of hydrogen-bond donors (Lipinski definition) is 1. The van der Waals surface area contributed by atoms with Crippen molar-refractivity contribution in [2.75, 3.05) is 12.8 Å². The lowest BCUT2D eigenvalue weighted by molar-refractivity contribution is -0.139. The van der Waals surface area contributed by atoms with Gasteiger partial charge in [-0.1, -0.05) is 0 Å². The number of pyridine rings is 1. The lowest BCUT2D eigenvalue weighted by Crippen LogP contribution is -2.05. The molecule has 6 nitrogen and oxygen atoms in total. The number of carbonyl (C=O) groups is 1. The lowest BCUT2D eigenvalue weighted by Gasteiger charge is -1.92. The van der Waals surface area contributed by atoms with Crippen molar-refractivity contribution >= 4 is 17.3 Å². The zero-order chi connectivity index (χ0) is 10.8. The number of aromatic nitrogens is 3. The Bertz CT molecular complexity index is 506. The third-order valence-electron chi connectivity index (χ3n) is 1.94. The van der Waals surface area contributed by atoms with E-state index < -0.39 is 0 Å². The van der Waals surface area contributed by atoms with Gasteiger partial charge in [0.05, 0.1) is 7.11 Å². The number of esters is 1. The van der Waals surface area contributed by atoms with Crippen molar-refractivity contribution in [2.24, 2.45) is 0 Å². The molecule has 0 spiro atoms. The van der Waals surface area contributed by atoms with Gasteiger partial charge in [0.25, 0.3) is 0 Å². The first-order valence-electron chi connectivity index (χ1n) is 4.36. The highest BCUT2D eigenvalue weighted by molar-refractivity contribution is 5.71. The third kappa shape index (κ3) is 1.88. The van der Waals surface area contributed by atoms with E-state index in [1.807, 2.05) is 0 Å². The van der Waals surface area contributed by atoms with Crippen LogP contribution in [0.25, 0.3) is 5.65 Å². The average molecular weight is 206 g/mol. The highest BCUT2D eigenvalue weighted by Crippen LogP contribution is 2.07. The summed E-state index contributed by atoms with van der Waals surface area (Å²) in [6.07, 6.45) is 1.76. The molecule has 0 aliphatic rings. The predicted molar refractivity (Wildman–Crippen MR) is 53.1 cm³/mol. The van der Waals surface area contributed by atoms with Crippen molar-refractivity contribution < 1.29 is 9.53 Å². The number of anilines is 1. The molecule has 0 atom stereocenters. The summed E-state index contributed by atoms with van der Waals surface area (Å²) in [5, 5.41) is 4.09. The zero-order valence-electron chi connectivity index (χ0n) is 8.17. The van der Waals surface area contributed by atoms with Crippen molar-refractivity contribution in [3.8, 4) is 0 Å². The molecule has 6 heteroatoms. The van der Waals surface area contributed by atoms with Crippen LogP contribution < -0.4 is 5.73 Å². The highest BCUT2D eigenvalue weighted by atomic mass is 16.5. The molecule has 0 saturated heterocycles. The SMILES string of the molecule is COC(=O)Cc1nc2cc(N)ccn2n1. The largest absolute Gasteiger partial charge is 0.469 e. The fourth-order valence-electron chi connectivity index (χ4n) is 1.22. The monoisotopic (exact) mass is 206 g/mol. The Morgan fingerprint density at radius 3 is 3.20 bits per heavy atom. The second-order valence-electron chi connectivity index (χ2n) is 3.04. The molecule has 78 valence electrons. The van der Waals surface area contributed by atoms with E-state index in [9.17, 15) is 4.79 Å². The van der Waals surface area contributed by atoms with Gasteiger partial charge in [0.2, 0.25) is 0 Å². The Hall–Kier alpha value is -2.11. The first kappa shape index (κ1) is 9.45. The molecule has 0 amide bonds. The number of hydrogen-bond acceptors (Lipinski definition) is 5. The molecule has 2 N–H and O–H groups in total. The molecule has 2 heterocycles. The van der Waals surface area contributed by atoms with Crippen molar-refractivity contribution in [3.63, 3.8) is 0 Å². The second-order valence-corrected chi connectivity index (χ2v) is 3.04. The smallest absolute Gasteiger partial charge is 0.313 e. The Kier molecular flexibility index (Phi) is 2.24. The van der Waals surface area contributed by atoms with Crippen LogP contribution >= 0.6 is 0 Å². The third-order valence-corrected chi connectivity index (χ3v) is 1.94. The first-order chi connectivity index (χ1) is 7.19. The van der Waals surface area contributed by atoms with Crippen LogP contribution in [-0.4, -0.2) is 27.7 Å². The molecule has 2 aromatic heterocycles. The number of nitrogen functional groups attached to an aromatic ring is 1. The van der Waals surface area contributed by atoms with Gasteiger partial charge in [0, 0.05) is 18.0 Å². The first-order valence-corrected chi connectivity index (χ1v) is 4.36. The normalized spacial score (nSPS) is 10.5. The Labute approximate surface area is 85.7 Å². The summed E-state index contributed by atoms with van der Waals surface area (Å²) in [5.41, 5.74) is 6.82. The number of methoxy groups -OCH3 is 1. The van der Waals surface area contributed by atoms with Gasteiger partial charge >= 0.3 is 5.97 Å². The van der Waals surface area contributed by atoms with Crippen LogP contribution in [0.15, 0.2) is 18.3 Å². The molecule has 0 aromatic carbocycles. The van der Waals surface area contributed by atoms with Gasteiger partial charge in [0.1, 0.15) is 6.42 Å². The average Bonchev–Trinajstić information content (AvgIpc) is 2.59. The molecule has 0 bridgehead atoms. The van der Waals surface area contributed by atoms with E-state index >= 15 is 0 Å². The summed E-state index contributed by atoms with van der Waals surface area (Å²) in [6.45, 7) is 0. The number of nitrogens with two attached hydrogens (primary N) is 1. The van der Waals surface area contributed by atoms with E-state index in [0.29, 0.717) is 17.2 Å². The zero-order valence-corrected chi connectivity index (χ0v) is 8.17. The van der Waals surface area contributed by atoms with Crippen LogP contribution in [-0.2, 0) is 16.0 Å². The number of ether oxygens (including phenoxy) is 1. The van der Waals surface area contributed by atoms with Crippen molar-refractivity contribution in [1.82, 2.24) is 14.6 Å². The molecule has 0 saturated carbocycles. The van der Waals surface area contributed by atoms with Crippen LogP contribution in [0.1, 0.15) is 5.82 Å². The van der Waals surface area contributed by atoms with E-state index in [1.54, 1.807) is 22.8 Å². The number of fused-ring (bicyclic) bond motifs is 1. The highest BCUT2D eigenvalue weighted by Gasteiger charge is 2.08. The van der Waals surface area contributed by atoms with E-state index in [-0.39, 0.29) is 12.4 Å². The van der Waals surface area contributed by atoms with Crippen LogP contribution in [0.3, 0.4) is 0 Å². The molecule has 0 aliphatic carbocycles. The fourth-order valence-corrected chi connectivity index (χ4v) is 1.22. The topological polar surface area (TPSA) is 82.5 Å². The molecule has 0 radical (unpaired) electrons. The molecular weight excluding hydrogens is 196 g/mol. The standard InChI is InChI=1S/C9H10N4O2/c1-15-9(14)5-7-11-8-4-6(10)2-3-13(8)12-7/h2-4H,5,10H2,1H3. The van der Waals surface area contributed by atoms with E-state index in [1.165, 1.54) is 7.11 Å². The lowest BCUT2D eigenvalue weighted by atomic mass is 10.4.